The Kier molecular flexibility index (Phi) is 8.28. The van der Waals surface area contributed by atoms with E-state index in [2.05, 4.69) is 275 Å². The minimum atomic E-state index is -0.671. The van der Waals surface area contributed by atoms with E-state index < -0.39 is 5.41 Å². The molecular formula is C67H43N3. The highest BCUT2D eigenvalue weighted by molar-refractivity contribution is 6.18. The van der Waals surface area contributed by atoms with E-state index in [9.17, 15) is 0 Å². The van der Waals surface area contributed by atoms with Crippen molar-refractivity contribution in [1.82, 2.24) is 9.13 Å². The molecule has 326 valence electrons. The van der Waals surface area contributed by atoms with Crippen molar-refractivity contribution in [3.05, 3.63) is 283 Å². The van der Waals surface area contributed by atoms with Crippen molar-refractivity contribution in [3.63, 3.8) is 0 Å². The smallest absolute Gasteiger partial charge is 0.0767 e. The van der Waals surface area contributed by atoms with Gasteiger partial charge in [0.2, 0.25) is 0 Å². The third kappa shape index (κ3) is 5.29. The van der Waals surface area contributed by atoms with Crippen LogP contribution in [0.15, 0.2) is 261 Å². The lowest BCUT2D eigenvalue weighted by Gasteiger charge is -2.32. The van der Waals surface area contributed by atoms with Crippen LogP contribution in [-0.2, 0) is 5.41 Å². The quantitative estimate of drug-likeness (QED) is 0.162. The zero-order valence-corrected chi connectivity index (χ0v) is 38.2. The predicted molar refractivity (Wildman–Crippen MR) is 292 cm³/mol. The summed E-state index contributed by atoms with van der Waals surface area (Å²) in [6.07, 6.45) is 0. The molecule has 15 rings (SSSR count). The lowest BCUT2D eigenvalue weighted by molar-refractivity contribution is 0.800. The van der Waals surface area contributed by atoms with Gasteiger partial charge in [0.1, 0.15) is 0 Å². The van der Waals surface area contributed by atoms with Gasteiger partial charge in [0.05, 0.1) is 27.5 Å². The van der Waals surface area contributed by atoms with Crippen LogP contribution in [0.25, 0.3) is 88.4 Å². The number of hydrogen-bond donors (Lipinski definition) is 0. The molecule has 11 aromatic carbocycles. The van der Waals surface area contributed by atoms with Gasteiger partial charge in [-0.3, -0.25) is 0 Å². The van der Waals surface area contributed by atoms with E-state index in [-0.39, 0.29) is 0 Å². The lowest BCUT2D eigenvalue weighted by atomic mass is 9.69. The Morgan fingerprint density at radius 2 is 0.757 bits per heavy atom. The molecule has 1 atom stereocenters. The molecule has 1 unspecified atom stereocenters. The van der Waals surface area contributed by atoms with Gasteiger partial charge in [0, 0.05) is 61.1 Å². The van der Waals surface area contributed by atoms with E-state index in [4.69, 9.17) is 0 Å². The van der Waals surface area contributed by atoms with Gasteiger partial charge in [0.15, 0.2) is 0 Å². The molecule has 0 radical (unpaired) electrons. The molecule has 0 fully saturated rings. The van der Waals surface area contributed by atoms with Crippen molar-refractivity contribution in [2.24, 2.45) is 0 Å². The average Bonchev–Trinajstić information content (AvgIpc) is 4.14. The van der Waals surface area contributed by atoms with E-state index in [1.165, 1.54) is 99.2 Å². The van der Waals surface area contributed by atoms with Gasteiger partial charge in [-0.25, -0.2) is 0 Å². The summed E-state index contributed by atoms with van der Waals surface area (Å²) in [5, 5.41) is 4.94. The zero-order chi connectivity index (χ0) is 45.9. The monoisotopic (exact) mass is 889 g/mol. The van der Waals surface area contributed by atoms with Crippen molar-refractivity contribution in [3.8, 4) is 44.8 Å². The first kappa shape index (κ1) is 38.9. The summed E-state index contributed by atoms with van der Waals surface area (Å²) in [6.45, 7) is 0. The number of para-hydroxylation sites is 4. The summed E-state index contributed by atoms with van der Waals surface area (Å²) < 4.78 is 5.11. The van der Waals surface area contributed by atoms with E-state index in [1.54, 1.807) is 0 Å². The second-order valence-corrected chi connectivity index (χ2v) is 18.8. The summed E-state index contributed by atoms with van der Waals surface area (Å²) in [4.78, 5) is 2.41. The third-order valence-electron chi connectivity index (χ3n) is 15.3. The Bertz CT molecular complexity index is 4210. The van der Waals surface area contributed by atoms with Crippen molar-refractivity contribution in [1.29, 1.82) is 0 Å². The van der Waals surface area contributed by atoms with Crippen LogP contribution in [0.2, 0.25) is 0 Å². The zero-order valence-electron chi connectivity index (χ0n) is 38.2. The molecule has 0 saturated heterocycles. The Balaban J connectivity index is 1.09. The molecule has 0 aliphatic heterocycles. The molecule has 70 heavy (non-hydrogen) atoms. The van der Waals surface area contributed by atoms with Crippen molar-refractivity contribution >= 4 is 60.7 Å². The second kappa shape index (κ2) is 14.9. The standard InChI is InChI=1S/C67H43N3/c1-5-20-44(21-6-1)45-22-19-29-49(42-45)68(46-23-7-2-8-24-46)50-36-41-62-58(43-50)57-40-38-55-52-31-14-17-34-60(52)67(64(55)66(57)70(62)48-27-11-4-12-28-48)59-33-16-13-30-51(59)54-37-39-56-53-32-15-18-35-61(53)69(65(56)63(54)67)47-25-9-3-10-26-47/h1-43H. The Morgan fingerprint density at radius 1 is 0.286 bits per heavy atom. The molecule has 0 bridgehead atoms. The maximum absolute atomic E-state index is 2.57. The van der Waals surface area contributed by atoms with Crippen LogP contribution in [0.5, 0.6) is 0 Å². The van der Waals surface area contributed by atoms with Crippen LogP contribution in [0.1, 0.15) is 22.3 Å². The van der Waals surface area contributed by atoms with E-state index in [0.717, 1.165) is 28.4 Å². The fraction of sp³-hybridized carbons (Fsp3) is 0.0149. The second-order valence-electron chi connectivity index (χ2n) is 18.8. The first-order valence-corrected chi connectivity index (χ1v) is 24.3. The third-order valence-corrected chi connectivity index (χ3v) is 15.3. The molecule has 0 N–H and O–H groups in total. The van der Waals surface area contributed by atoms with E-state index in [0.29, 0.717) is 0 Å². The first-order chi connectivity index (χ1) is 34.8. The summed E-state index contributed by atoms with van der Waals surface area (Å²) in [6, 6.07) is 96.6. The SMILES string of the molecule is c1ccc(-c2cccc(N(c3ccccc3)c3ccc4c(c3)c3ccc5c(c3n4-c3ccccc3)C3(c4ccccc4-c4ccc6c7ccccc7n(-c7ccccc7)c6c43)c3ccccc3-5)c2)cc1. The van der Waals surface area contributed by atoms with Crippen LogP contribution >= 0.6 is 0 Å². The maximum Gasteiger partial charge on any atom is 0.0767 e. The van der Waals surface area contributed by atoms with Gasteiger partial charge >= 0.3 is 0 Å². The maximum atomic E-state index is 2.57. The van der Waals surface area contributed by atoms with E-state index >= 15 is 0 Å². The molecule has 1 spiro atoms. The summed E-state index contributed by atoms with van der Waals surface area (Å²) >= 11 is 0. The number of benzene rings is 11. The highest BCUT2D eigenvalue weighted by Crippen LogP contribution is 2.66. The minimum Gasteiger partial charge on any atom is -0.310 e. The predicted octanol–water partition coefficient (Wildman–Crippen LogP) is 17.4. The highest BCUT2D eigenvalue weighted by atomic mass is 15.1. The number of rotatable bonds is 6. The van der Waals surface area contributed by atoms with Crippen LogP contribution in [0, 0.1) is 0 Å². The van der Waals surface area contributed by atoms with Crippen molar-refractivity contribution < 1.29 is 0 Å². The van der Waals surface area contributed by atoms with Gasteiger partial charge in [-0.05, 0) is 117 Å². The summed E-state index contributed by atoms with van der Waals surface area (Å²) in [5.74, 6) is 0. The molecule has 0 saturated carbocycles. The molecule has 0 amide bonds. The average molecular weight is 890 g/mol. The first-order valence-electron chi connectivity index (χ1n) is 24.3. The topological polar surface area (TPSA) is 13.1 Å². The highest BCUT2D eigenvalue weighted by Gasteiger charge is 2.54. The number of nitrogens with zero attached hydrogens (tertiary/aromatic N) is 3. The van der Waals surface area contributed by atoms with Crippen LogP contribution in [0.4, 0.5) is 17.1 Å². The lowest BCUT2D eigenvalue weighted by Crippen LogP contribution is -2.27. The normalized spacial score (nSPS) is 14.3. The molecule has 3 nitrogen and oxygen atoms in total. The fourth-order valence-electron chi connectivity index (χ4n) is 12.6. The molecule has 2 heterocycles. The summed E-state index contributed by atoms with van der Waals surface area (Å²) in [5.41, 5.74) is 22.6. The fourth-order valence-corrected chi connectivity index (χ4v) is 12.6. The molecule has 2 aliphatic carbocycles. The van der Waals surface area contributed by atoms with Gasteiger partial charge in [0.25, 0.3) is 0 Å². The van der Waals surface area contributed by atoms with Crippen LogP contribution in [0.3, 0.4) is 0 Å². The number of fused-ring (bicyclic) bond motifs is 18. The Labute approximate surface area is 406 Å². The van der Waals surface area contributed by atoms with E-state index in [1.807, 2.05) is 0 Å². The van der Waals surface area contributed by atoms with Gasteiger partial charge in [-0.2, -0.15) is 0 Å². The van der Waals surface area contributed by atoms with Gasteiger partial charge in [-0.15, -0.1) is 0 Å². The van der Waals surface area contributed by atoms with Crippen LogP contribution in [-0.4, -0.2) is 9.13 Å². The minimum absolute atomic E-state index is 0.671. The molecule has 3 heteroatoms. The Morgan fingerprint density at radius 3 is 1.39 bits per heavy atom. The largest absolute Gasteiger partial charge is 0.310 e. The number of aromatic nitrogens is 2. The van der Waals surface area contributed by atoms with Crippen molar-refractivity contribution in [2.75, 3.05) is 4.90 Å². The number of anilines is 3. The molecular weight excluding hydrogens is 847 g/mol. The van der Waals surface area contributed by atoms with Gasteiger partial charge < -0.3 is 14.0 Å². The van der Waals surface area contributed by atoms with Crippen LogP contribution < -0.4 is 4.90 Å². The molecule has 2 aliphatic rings. The molecule has 2 aromatic heterocycles. The summed E-state index contributed by atoms with van der Waals surface area (Å²) in [7, 11) is 0. The van der Waals surface area contributed by atoms with Crippen molar-refractivity contribution in [2.45, 2.75) is 5.41 Å². The Hall–Kier alpha value is -9.18. The molecule has 13 aromatic rings. The number of hydrogen-bond acceptors (Lipinski definition) is 1. The van der Waals surface area contributed by atoms with Gasteiger partial charge in [-0.1, -0.05) is 188 Å².